The molecule has 0 spiro atoms. The Hall–Kier alpha value is -2.55. The number of benzene rings is 2. The quantitative estimate of drug-likeness (QED) is 0.693. The maximum atomic E-state index is 12.9. The normalized spacial score (nSPS) is 11.0. The van der Waals surface area contributed by atoms with Crippen LogP contribution in [0.2, 0.25) is 0 Å². The second-order valence-electron chi connectivity index (χ2n) is 5.66. The van der Waals surface area contributed by atoms with Crippen LogP contribution in [0.25, 0.3) is 0 Å². The minimum Gasteiger partial charge on any atom is -0.373 e. The molecule has 0 heterocycles. The molecule has 0 bridgehead atoms. The van der Waals surface area contributed by atoms with Crippen molar-refractivity contribution < 1.29 is 22.8 Å². The third-order valence-electron chi connectivity index (χ3n) is 3.67. The smallest absolute Gasteiger partial charge is 0.373 e. The van der Waals surface area contributed by atoms with E-state index in [9.17, 15) is 22.8 Å². The molecule has 0 unspecified atom stereocenters. The lowest BCUT2D eigenvalue weighted by molar-refractivity contribution is -0.138. The van der Waals surface area contributed by atoms with E-state index in [0.717, 1.165) is 17.8 Å². The molecule has 0 aromatic heterocycles. The summed E-state index contributed by atoms with van der Waals surface area (Å²) in [5.74, 6) is -1.96. The van der Waals surface area contributed by atoms with Gasteiger partial charge in [0.25, 0.3) is 0 Å². The summed E-state index contributed by atoms with van der Waals surface area (Å²) >= 11 is 2.81. The molecule has 9 heteroatoms. The number of alkyl halides is 3. The first kappa shape index (κ1) is 20.8. The van der Waals surface area contributed by atoms with Gasteiger partial charge in [-0.25, -0.2) is 0 Å². The van der Waals surface area contributed by atoms with Crippen molar-refractivity contribution in [1.82, 2.24) is 5.32 Å². The molecule has 0 fully saturated rings. The predicted molar refractivity (Wildman–Crippen MR) is 100 cm³/mol. The maximum Gasteiger partial charge on any atom is 0.417 e. The number of amides is 2. The zero-order chi connectivity index (χ0) is 20.0. The summed E-state index contributed by atoms with van der Waals surface area (Å²) in [5, 5.41) is 4.60. The Morgan fingerprint density at radius 1 is 1.07 bits per heavy atom. The molecular weight excluding hydrogens is 427 g/mol. The Morgan fingerprint density at radius 3 is 2.37 bits per heavy atom. The Balaban J connectivity index is 1.88. The van der Waals surface area contributed by atoms with Crippen LogP contribution in [0.3, 0.4) is 0 Å². The first-order valence-corrected chi connectivity index (χ1v) is 8.70. The van der Waals surface area contributed by atoms with Crippen molar-refractivity contribution in [3.63, 3.8) is 0 Å². The van der Waals surface area contributed by atoms with Gasteiger partial charge in [0.2, 0.25) is 0 Å². The lowest BCUT2D eigenvalue weighted by Gasteiger charge is -2.19. The second-order valence-corrected chi connectivity index (χ2v) is 6.51. The fourth-order valence-electron chi connectivity index (χ4n) is 2.24. The molecule has 0 saturated carbocycles. The van der Waals surface area contributed by atoms with Crippen molar-refractivity contribution in [2.24, 2.45) is 0 Å². The van der Waals surface area contributed by atoms with Crippen molar-refractivity contribution in [2.75, 3.05) is 30.4 Å². The van der Waals surface area contributed by atoms with E-state index in [0.29, 0.717) is 6.54 Å². The largest absolute Gasteiger partial charge is 0.417 e. The lowest BCUT2D eigenvalue weighted by atomic mass is 10.2. The van der Waals surface area contributed by atoms with Crippen molar-refractivity contribution in [3.05, 3.63) is 58.6 Å². The summed E-state index contributed by atoms with van der Waals surface area (Å²) in [6.45, 7) is 0.658. The number of halogens is 4. The molecule has 0 aliphatic carbocycles. The zero-order valence-corrected chi connectivity index (χ0v) is 15.9. The van der Waals surface area contributed by atoms with Gasteiger partial charge < -0.3 is 15.5 Å². The van der Waals surface area contributed by atoms with E-state index >= 15 is 0 Å². The summed E-state index contributed by atoms with van der Waals surface area (Å²) in [6, 6.07) is 12.6. The maximum absolute atomic E-state index is 12.9. The molecule has 2 rings (SSSR count). The Bertz CT molecular complexity index is 813. The van der Waals surface area contributed by atoms with Crippen LogP contribution < -0.4 is 15.5 Å². The third kappa shape index (κ3) is 5.99. The average molecular weight is 444 g/mol. The Labute approximate surface area is 162 Å². The molecule has 0 radical (unpaired) electrons. The highest BCUT2D eigenvalue weighted by molar-refractivity contribution is 9.10. The average Bonchev–Trinajstić information content (AvgIpc) is 2.62. The molecule has 0 saturated heterocycles. The van der Waals surface area contributed by atoms with Crippen molar-refractivity contribution >= 4 is 39.1 Å². The van der Waals surface area contributed by atoms with Crippen LogP contribution in [0.15, 0.2) is 53.0 Å². The van der Waals surface area contributed by atoms with Crippen molar-refractivity contribution in [1.29, 1.82) is 0 Å². The molecule has 2 N–H and O–H groups in total. The number of para-hydroxylation sites is 1. The van der Waals surface area contributed by atoms with Crippen LogP contribution in [0.5, 0.6) is 0 Å². The van der Waals surface area contributed by atoms with Gasteiger partial charge in [-0.05, 0) is 30.3 Å². The monoisotopic (exact) mass is 443 g/mol. The summed E-state index contributed by atoms with van der Waals surface area (Å²) in [6.07, 6.45) is -4.58. The van der Waals surface area contributed by atoms with Crippen molar-refractivity contribution in [3.8, 4) is 0 Å². The topological polar surface area (TPSA) is 61.4 Å². The highest BCUT2D eigenvalue weighted by atomic mass is 79.9. The molecule has 0 aliphatic heterocycles. The number of carbonyl (C=O) groups is 2. The summed E-state index contributed by atoms with van der Waals surface area (Å²) in [7, 11) is 1.84. The fourth-order valence-corrected chi connectivity index (χ4v) is 2.71. The number of carbonyl (C=O) groups excluding carboxylic acids is 2. The van der Waals surface area contributed by atoms with Gasteiger partial charge in [0.1, 0.15) is 0 Å². The lowest BCUT2D eigenvalue weighted by Crippen LogP contribution is -2.39. The third-order valence-corrected chi connectivity index (χ3v) is 4.36. The fraction of sp³-hybridized carbons (Fsp3) is 0.222. The molecular formula is C18H17BrF3N3O2. The van der Waals surface area contributed by atoms with Crippen LogP contribution in [-0.2, 0) is 15.8 Å². The minimum absolute atomic E-state index is 0.118. The Kier molecular flexibility index (Phi) is 6.84. The number of nitrogens with zero attached hydrogens (tertiary/aromatic N) is 1. The highest BCUT2D eigenvalue weighted by Gasteiger charge is 2.33. The first-order chi connectivity index (χ1) is 12.7. The Morgan fingerprint density at radius 2 is 1.74 bits per heavy atom. The molecule has 0 atom stereocenters. The van der Waals surface area contributed by atoms with Gasteiger partial charge in [0, 0.05) is 36.0 Å². The van der Waals surface area contributed by atoms with E-state index in [1.165, 1.54) is 6.07 Å². The number of hydrogen-bond donors (Lipinski definition) is 2. The first-order valence-electron chi connectivity index (χ1n) is 7.90. The predicted octanol–water partition coefficient (Wildman–Crippen LogP) is 3.66. The van der Waals surface area contributed by atoms with E-state index in [2.05, 4.69) is 26.6 Å². The molecule has 2 aromatic carbocycles. The van der Waals surface area contributed by atoms with Gasteiger partial charge in [-0.2, -0.15) is 13.2 Å². The molecule has 27 heavy (non-hydrogen) atoms. The van der Waals surface area contributed by atoms with E-state index < -0.39 is 23.6 Å². The molecule has 0 aliphatic rings. The second kappa shape index (κ2) is 8.90. The van der Waals surface area contributed by atoms with Gasteiger partial charge in [0.05, 0.1) is 5.56 Å². The van der Waals surface area contributed by atoms with Gasteiger partial charge >= 0.3 is 18.0 Å². The number of nitrogens with one attached hydrogen (secondary N) is 2. The highest BCUT2D eigenvalue weighted by Crippen LogP contribution is 2.36. The van der Waals surface area contributed by atoms with Gasteiger partial charge in [0.15, 0.2) is 0 Å². The van der Waals surface area contributed by atoms with Gasteiger partial charge in [-0.1, -0.05) is 34.1 Å². The number of likely N-dealkylation sites (N-methyl/N-ethyl adjacent to an activating group) is 1. The molecule has 2 amide bonds. The van der Waals surface area contributed by atoms with Crippen molar-refractivity contribution in [2.45, 2.75) is 6.18 Å². The van der Waals surface area contributed by atoms with E-state index in [1.807, 2.05) is 42.3 Å². The summed E-state index contributed by atoms with van der Waals surface area (Å²) in [4.78, 5) is 25.6. The number of anilines is 2. The minimum atomic E-state index is -4.58. The van der Waals surface area contributed by atoms with E-state index in [4.69, 9.17) is 0 Å². The van der Waals surface area contributed by atoms with Crippen LogP contribution in [0.1, 0.15) is 5.56 Å². The zero-order valence-electron chi connectivity index (χ0n) is 14.3. The van der Waals surface area contributed by atoms with Crippen LogP contribution in [-0.4, -0.2) is 32.0 Å². The number of hydrogen-bond acceptors (Lipinski definition) is 3. The molecule has 144 valence electrons. The number of rotatable bonds is 5. The van der Waals surface area contributed by atoms with Crippen LogP contribution >= 0.6 is 15.9 Å². The van der Waals surface area contributed by atoms with Crippen LogP contribution in [0.4, 0.5) is 24.5 Å². The molecule has 2 aromatic rings. The van der Waals surface area contributed by atoms with E-state index in [1.54, 1.807) is 0 Å². The van der Waals surface area contributed by atoms with Gasteiger partial charge in [-0.3, -0.25) is 9.59 Å². The standard InChI is InChI=1S/C18H17BrF3N3O2/c1-25(13-5-3-2-4-6-13)10-9-23-16(26)17(27)24-12-7-8-15(19)14(11-12)18(20,21)22/h2-8,11H,9-10H2,1H3,(H,23,26)(H,24,27). The van der Waals surface area contributed by atoms with Crippen LogP contribution in [0, 0.1) is 0 Å². The summed E-state index contributed by atoms with van der Waals surface area (Å²) in [5.41, 5.74) is -0.108. The molecule has 5 nitrogen and oxygen atoms in total. The SMILES string of the molecule is CN(CCNC(=O)C(=O)Nc1ccc(Br)c(C(F)(F)F)c1)c1ccccc1. The van der Waals surface area contributed by atoms with E-state index in [-0.39, 0.29) is 16.7 Å². The van der Waals surface area contributed by atoms with Gasteiger partial charge in [-0.15, -0.1) is 0 Å². The summed E-state index contributed by atoms with van der Waals surface area (Å²) < 4.78 is 38.5.